The molecular formula is C17H17ClF2N2. The van der Waals surface area contributed by atoms with Gasteiger partial charge < -0.3 is 10.6 Å². The molecule has 2 N–H and O–H groups in total. The Morgan fingerprint density at radius 3 is 2.64 bits per heavy atom. The molecule has 116 valence electrons. The van der Waals surface area contributed by atoms with Crippen molar-refractivity contribution in [2.75, 3.05) is 18.0 Å². The van der Waals surface area contributed by atoms with E-state index in [0.717, 1.165) is 18.1 Å². The van der Waals surface area contributed by atoms with Crippen LogP contribution in [0.3, 0.4) is 0 Å². The maximum absolute atomic E-state index is 14.0. The van der Waals surface area contributed by atoms with Crippen LogP contribution in [-0.4, -0.2) is 19.1 Å². The van der Waals surface area contributed by atoms with Gasteiger partial charge in [0, 0.05) is 36.1 Å². The fraction of sp³-hybridized carbons (Fsp3) is 0.294. The maximum atomic E-state index is 14.0. The number of halogens is 3. The Morgan fingerprint density at radius 2 is 1.91 bits per heavy atom. The number of hydrogen-bond donors (Lipinski definition) is 1. The molecule has 2 aromatic rings. The van der Waals surface area contributed by atoms with E-state index in [1.807, 2.05) is 29.2 Å². The zero-order valence-corrected chi connectivity index (χ0v) is 12.7. The Labute approximate surface area is 133 Å². The van der Waals surface area contributed by atoms with Gasteiger partial charge in [0.05, 0.1) is 5.69 Å². The molecule has 2 aromatic carbocycles. The molecule has 1 aliphatic rings. The van der Waals surface area contributed by atoms with Crippen LogP contribution in [-0.2, 0) is 0 Å². The molecule has 0 amide bonds. The fourth-order valence-corrected chi connectivity index (χ4v) is 3.27. The lowest BCUT2D eigenvalue weighted by Gasteiger charge is -2.38. The minimum Gasteiger partial charge on any atom is -0.367 e. The summed E-state index contributed by atoms with van der Waals surface area (Å²) in [6.45, 7) is 1.19. The van der Waals surface area contributed by atoms with Crippen LogP contribution in [0.5, 0.6) is 0 Å². The van der Waals surface area contributed by atoms with E-state index in [4.69, 9.17) is 17.3 Å². The van der Waals surface area contributed by atoms with Crippen molar-refractivity contribution in [2.45, 2.75) is 18.4 Å². The Kier molecular flexibility index (Phi) is 4.32. The van der Waals surface area contributed by atoms with Crippen molar-refractivity contribution < 1.29 is 8.78 Å². The van der Waals surface area contributed by atoms with Gasteiger partial charge in [-0.25, -0.2) is 8.78 Å². The summed E-state index contributed by atoms with van der Waals surface area (Å²) in [6, 6.07) is 11.2. The standard InChI is InChI=1S/C17H17ClF2N2/c18-13-3-1-2-11(6-13)12-7-15(21)10-22(9-12)17-5-4-14(19)8-16(17)20/h1-6,8,12,15H,7,9-10,21H2. The van der Waals surface area contributed by atoms with Crippen LogP contribution in [0.15, 0.2) is 42.5 Å². The van der Waals surface area contributed by atoms with Crippen molar-refractivity contribution >= 4 is 17.3 Å². The van der Waals surface area contributed by atoms with Gasteiger partial charge in [-0.3, -0.25) is 0 Å². The number of anilines is 1. The van der Waals surface area contributed by atoms with Crippen LogP contribution in [0.25, 0.3) is 0 Å². The summed E-state index contributed by atoms with van der Waals surface area (Å²) in [4.78, 5) is 1.88. The topological polar surface area (TPSA) is 29.3 Å². The molecule has 0 aliphatic carbocycles. The highest BCUT2D eigenvalue weighted by Crippen LogP contribution is 2.32. The molecule has 2 unspecified atom stereocenters. The number of benzene rings is 2. The van der Waals surface area contributed by atoms with Gasteiger partial charge in [-0.1, -0.05) is 23.7 Å². The summed E-state index contributed by atoms with van der Waals surface area (Å²) in [5.74, 6) is -0.959. The first-order chi connectivity index (χ1) is 10.5. The molecule has 2 nitrogen and oxygen atoms in total. The zero-order chi connectivity index (χ0) is 15.7. The third kappa shape index (κ3) is 3.23. The predicted molar refractivity (Wildman–Crippen MR) is 85.4 cm³/mol. The Morgan fingerprint density at radius 1 is 1.09 bits per heavy atom. The minimum atomic E-state index is -0.575. The second-order valence-electron chi connectivity index (χ2n) is 5.75. The quantitative estimate of drug-likeness (QED) is 0.907. The maximum Gasteiger partial charge on any atom is 0.149 e. The molecule has 0 saturated carbocycles. The Hall–Kier alpha value is -1.65. The molecule has 0 spiro atoms. The molecule has 5 heteroatoms. The SMILES string of the molecule is NC1CC(c2cccc(Cl)c2)CN(c2ccc(F)cc2F)C1. The van der Waals surface area contributed by atoms with Gasteiger partial charge in [-0.15, -0.1) is 0 Å². The van der Waals surface area contributed by atoms with E-state index in [-0.39, 0.29) is 12.0 Å². The van der Waals surface area contributed by atoms with Crippen molar-refractivity contribution in [2.24, 2.45) is 5.73 Å². The Bertz CT molecular complexity index is 677. The van der Waals surface area contributed by atoms with Gasteiger partial charge in [0.1, 0.15) is 11.6 Å². The van der Waals surface area contributed by atoms with E-state index < -0.39 is 11.6 Å². The monoisotopic (exact) mass is 322 g/mol. The summed E-state index contributed by atoms with van der Waals surface area (Å²) >= 11 is 6.05. The van der Waals surface area contributed by atoms with Crippen molar-refractivity contribution in [1.29, 1.82) is 0 Å². The van der Waals surface area contributed by atoms with E-state index in [1.165, 1.54) is 12.1 Å². The molecule has 0 bridgehead atoms. The molecule has 3 rings (SSSR count). The lowest BCUT2D eigenvalue weighted by molar-refractivity contribution is 0.448. The molecule has 22 heavy (non-hydrogen) atoms. The molecule has 2 atom stereocenters. The highest BCUT2D eigenvalue weighted by molar-refractivity contribution is 6.30. The highest BCUT2D eigenvalue weighted by Gasteiger charge is 2.28. The van der Waals surface area contributed by atoms with Gasteiger partial charge in [-0.05, 0) is 36.2 Å². The lowest BCUT2D eigenvalue weighted by atomic mass is 9.88. The van der Waals surface area contributed by atoms with E-state index in [1.54, 1.807) is 0 Å². The second-order valence-corrected chi connectivity index (χ2v) is 6.18. The second kappa shape index (κ2) is 6.23. The molecule has 1 aliphatic heterocycles. The first-order valence-electron chi connectivity index (χ1n) is 7.24. The molecule has 1 heterocycles. The van der Waals surface area contributed by atoms with E-state index >= 15 is 0 Å². The van der Waals surface area contributed by atoms with Gasteiger partial charge in [0.25, 0.3) is 0 Å². The van der Waals surface area contributed by atoms with Crippen LogP contribution in [0.2, 0.25) is 5.02 Å². The highest BCUT2D eigenvalue weighted by atomic mass is 35.5. The number of nitrogens with two attached hydrogens (primary N) is 1. The van der Waals surface area contributed by atoms with Crippen LogP contribution in [0, 0.1) is 11.6 Å². The van der Waals surface area contributed by atoms with Gasteiger partial charge >= 0.3 is 0 Å². The average molecular weight is 323 g/mol. The van der Waals surface area contributed by atoms with Crippen molar-refractivity contribution in [3.63, 3.8) is 0 Å². The lowest BCUT2D eigenvalue weighted by Crippen LogP contribution is -2.46. The number of rotatable bonds is 2. The smallest absolute Gasteiger partial charge is 0.149 e. The average Bonchev–Trinajstić information content (AvgIpc) is 2.46. The predicted octanol–water partition coefficient (Wildman–Crippen LogP) is 3.94. The van der Waals surface area contributed by atoms with Gasteiger partial charge in [-0.2, -0.15) is 0 Å². The van der Waals surface area contributed by atoms with Crippen LogP contribution in [0.1, 0.15) is 17.9 Å². The van der Waals surface area contributed by atoms with Crippen molar-refractivity contribution in [1.82, 2.24) is 0 Å². The van der Waals surface area contributed by atoms with Gasteiger partial charge in [0.2, 0.25) is 0 Å². The zero-order valence-electron chi connectivity index (χ0n) is 12.0. The summed E-state index contributed by atoms with van der Waals surface area (Å²) in [5, 5.41) is 0.677. The Balaban J connectivity index is 1.87. The summed E-state index contributed by atoms with van der Waals surface area (Å²) in [7, 11) is 0. The van der Waals surface area contributed by atoms with Crippen LogP contribution in [0.4, 0.5) is 14.5 Å². The van der Waals surface area contributed by atoms with Crippen LogP contribution >= 0.6 is 11.6 Å². The van der Waals surface area contributed by atoms with Crippen molar-refractivity contribution in [3.8, 4) is 0 Å². The molecule has 1 saturated heterocycles. The van der Waals surface area contributed by atoms with Crippen LogP contribution < -0.4 is 10.6 Å². The van der Waals surface area contributed by atoms with E-state index in [2.05, 4.69) is 0 Å². The summed E-state index contributed by atoms with van der Waals surface area (Å²) in [5.41, 5.74) is 7.62. The fourth-order valence-electron chi connectivity index (χ4n) is 3.07. The van der Waals surface area contributed by atoms with Gasteiger partial charge in [0.15, 0.2) is 0 Å². The van der Waals surface area contributed by atoms with E-state index in [0.29, 0.717) is 23.8 Å². The van der Waals surface area contributed by atoms with E-state index in [9.17, 15) is 8.78 Å². The number of nitrogens with zero attached hydrogens (tertiary/aromatic N) is 1. The number of hydrogen-bond acceptors (Lipinski definition) is 2. The largest absolute Gasteiger partial charge is 0.367 e. The first-order valence-corrected chi connectivity index (χ1v) is 7.62. The molecule has 1 fully saturated rings. The summed E-state index contributed by atoms with van der Waals surface area (Å²) in [6.07, 6.45) is 0.819. The number of piperidine rings is 1. The third-order valence-corrected chi connectivity index (χ3v) is 4.29. The first kappa shape index (κ1) is 15.3. The molecule has 0 radical (unpaired) electrons. The van der Waals surface area contributed by atoms with Crippen molar-refractivity contribution in [3.05, 3.63) is 64.7 Å². The normalized spacial score (nSPS) is 21.9. The molecular weight excluding hydrogens is 306 g/mol. The molecule has 0 aromatic heterocycles. The summed E-state index contributed by atoms with van der Waals surface area (Å²) < 4.78 is 27.1. The minimum absolute atomic E-state index is 0.0674. The third-order valence-electron chi connectivity index (χ3n) is 4.05.